The first-order valence-electron chi connectivity index (χ1n) is 8.59. The van der Waals surface area contributed by atoms with Crippen LogP contribution in [0.4, 0.5) is 0 Å². The molecule has 0 radical (unpaired) electrons. The van der Waals surface area contributed by atoms with E-state index in [0.29, 0.717) is 16.7 Å². The highest BCUT2D eigenvalue weighted by Gasteiger charge is 2.26. The van der Waals surface area contributed by atoms with Crippen LogP contribution in [-0.2, 0) is 21.7 Å². The molecule has 0 saturated carbocycles. The van der Waals surface area contributed by atoms with E-state index >= 15 is 0 Å². The summed E-state index contributed by atoms with van der Waals surface area (Å²) in [5, 5.41) is 4.00. The van der Waals surface area contributed by atoms with Gasteiger partial charge in [-0.1, -0.05) is 5.57 Å². The highest BCUT2D eigenvalue weighted by atomic mass is 32.2. The van der Waals surface area contributed by atoms with E-state index in [2.05, 4.69) is 5.10 Å². The molecule has 1 heterocycles. The summed E-state index contributed by atoms with van der Waals surface area (Å²) in [5.41, 5.74) is 3.26. The fraction of sp³-hybridized carbons (Fsp3) is 0.350. The molecule has 0 spiro atoms. The maximum absolute atomic E-state index is 13.2. The largest absolute Gasteiger partial charge is 0.407 e. The molecule has 28 heavy (non-hydrogen) atoms. The van der Waals surface area contributed by atoms with E-state index in [1.54, 1.807) is 14.0 Å². The van der Waals surface area contributed by atoms with E-state index < -0.39 is 21.6 Å². The van der Waals surface area contributed by atoms with Gasteiger partial charge in [-0.15, -0.1) is 0 Å². The van der Waals surface area contributed by atoms with Gasteiger partial charge in [-0.05, 0) is 56.5 Å². The minimum atomic E-state index is -3.49. The molecule has 2 aromatic rings. The van der Waals surface area contributed by atoms with Crippen LogP contribution in [0.15, 0.2) is 28.8 Å². The van der Waals surface area contributed by atoms with Crippen LogP contribution < -0.4 is 4.74 Å². The summed E-state index contributed by atoms with van der Waals surface area (Å²) in [4.78, 5) is 24.7. The van der Waals surface area contributed by atoms with Crippen LogP contribution in [0.2, 0.25) is 0 Å². The molecule has 0 fully saturated rings. The average Bonchev–Trinajstić information content (AvgIpc) is 2.92. The number of rotatable bonds is 5. The molecule has 1 aromatic carbocycles. The average molecular weight is 404 g/mol. The molecule has 7 nitrogen and oxygen atoms in total. The summed E-state index contributed by atoms with van der Waals surface area (Å²) in [7, 11) is -1.93. The first-order chi connectivity index (χ1) is 12.9. The fourth-order valence-corrected chi connectivity index (χ4v) is 3.93. The first kappa shape index (κ1) is 21.6. The smallest absolute Gasteiger partial charge is 0.309 e. The zero-order chi connectivity index (χ0) is 21.4. The molecule has 0 aliphatic rings. The minimum Gasteiger partial charge on any atom is -0.407 e. The summed E-state index contributed by atoms with van der Waals surface area (Å²) in [5.74, 6) is -0.919. The number of hydrogen-bond acceptors (Lipinski definition) is 6. The second kappa shape index (κ2) is 7.71. The Hall–Kier alpha value is -2.74. The Morgan fingerprint density at radius 3 is 2.18 bits per heavy atom. The van der Waals surface area contributed by atoms with Crippen LogP contribution in [0.5, 0.6) is 5.88 Å². The number of ketones is 1. The van der Waals surface area contributed by atoms with Crippen molar-refractivity contribution >= 4 is 27.2 Å². The lowest BCUT2D eigenvalue weighted by atomic mass is 9.91. The van der Waals surface area contributed by atoms with Crippen LogP contribution in [0.3, 0.4) is 0 Å². The number of esters is 1. The number of hydrogen-bond donors (Lipinski definition) is 0. The predicted molar refractivity (Wildman–Crippen MR) is 106 cm³/mol. The number of sulfone groups is 1. The number of nitrogens with zero attached hydrogens (tertiary/aromatic N) is 2. The second-order valence-electron chi connectivity index (χ2n) is 6.92. The topological polar surface area (TPSA) is 95.3 Å². The Labute approximate surface area is 164 Å². The zero-order valence-electron chi connectivity index (χ0n) is 17.1. The lowest BCUT2D eigenvalue weighted by Crippen LogP contribution is -2.13. The Morgan fingerprint density at radius 1 is 1.07 bits per heavy atom. The molecule has 0 unspecified atom stereocenters. The number of aromatic nitrogens is 2. The standard InChI is InChI=1S/C20H24N2O5S/c1-11(2)12(3)18-13(4)15(8-9-17(18)28(7,25)26)19(24)16-10-21-22(6)20(16)27-14(5)23/h8-10H,1-7H3. The highest BCUT2D eigenvalue weighted by molar-refractivity contribution is 7.90. The van der Waals surface area contributed by atoms with Crippen LogP contribution in [0, 0.1) is 6.92 Å². The number of allylic oxidation sites excluding steroid dienone is 2. The maximum Gasteiger partial charge on any atom is 0.309 e. The van der Waals surface area contributed by atoms with Gasteiger partial charge in [0, 0.05) is 25.8 Å². The summed E-state index contributed by atoms with van der Waals surface area (Å²) in [6.07, 6.45) is 2.48. The van der Waals surface area contributed by atoms with Gasteiger partial charge in [-0.25, -0.2) is 13.1 Å². The minimum absolute atomic E-state index is 0.0459. The van der Waals surface area contributed by atoms with Gasteiger partial charge in [0.1, 0.15) is 5.56 Å². The third-order valence-electron chi connectivity index (χ3n) is 4.57. The van der Waals surface area contributed by atoms with Crippen LogP contribution in [0.1, 0.15) is 54.7 Å². The number of carbonyl (C=O) groups excluding carboxylic acids is 2. The predicted octanol–water partition coefficient (Wildman–Crippen LogP) is 3.10. The van der Waals surface area contributed by atoms with Crippen molar-refractivity contribution in [2.75, 3.05) is 6.26 Å². The quantitative estimate of drug-likeness (QED) is 0.561. The van der Waals surface area contributed by atoms with Crippen molar-refractivity contribution in [1.82, 2.24) is 9.78 Å². The monoisotopic (exact) mass is 404 g/mol. The third-order valence-corrected chi connectivity index (χ3v) is 5.70. The SMILES string of the molecule is CC(=O)Oc1c(C(=O)c2ccc(S(C)(=O)=O)c(C(C)=C(C)C)c2C)cnn1C. The normalized spacial score (nSPS) is 11.2. The Kier molecular flexibility index (Phi) is 5.94. The Bertz CT molecular complexity index is 1100. The molecule has 150 valence electrons. The molecule has 2 rings (SSSR count). The maximum atomic E-state index is 13.2. The van der Waals surface area contributed by atoms with Gasteiger partial charge in [0.15, 0.2) is 15.6 Å². The molecular weight excluding hydrogens is 380 g/mol. The lowest BCUT2D eigenvalue weighted by molar-refractivity contribution is -0.132. The molecule has 0 saturated heterocycles. The van der Waals surface area contributed by atoms with Gasteiger partial charge >= 0.3 is 5.97 Å². The molecule has 0 amide bonds. The van der Waals surface area contributed by atoms with Crippen LogP contribution in [0.25, 0.3) is 5.57 Å². The molecule has 8 heteroatoms. The van der Waals surface area contributed by atoms with Crippen molar-refractivity contribution in [3.8, 4) is 5.88 Å². The number of aryl methyl sites for hydroxylation is 1. The van der Waals surface area contributed by atoms with Crippen molar-refractivity contribution < 1.29 is 22.7 Å². The van der Waals surface area contributed by atoms with E-state index in [9.17, 15) is 18.0 Å². The second-order valence-corrected chi connectivity index (χ2v) is 8.90. The molecule has 1 aromatic heterocycles. The van der Waals surface area contributed by atoms with Crippen molar-refractivity contribution in [3.05, 3.63) is 46.2 Å². The summed E-state index contributed by atoms with van der Waals surface area (Å²) in [6.45, 7) is 8.55. The number of benzene rings is 1. The zero-order valence-corrected chi connectivity index (χ0v) is 17.9. The van der Waals surface area contributed by atoms with E-state index in [0.717, 1.165) is 17.4 Å². The Balaban J connectivity index is 2.76. The summed E-state index contributed by atoms with van der Waals surface area (Å²) in [6, 6.07) is 2.93. The van der Waals surface area contributed by atoms with Gasteiger partial charge in [0.25, 0.3) is 0 Å². The van der Waals surface area contributed by atoms with Gasteiger partial charge in [0.2, 0.25) is 5.88 Å². The Morgan fingerprint density at radius 2 is 1.68 bits per heavy atom. The van der Waals surface area contributed by atoms with Crippen molar-refractivity contribution in [1.29, 1.82) is 0 Å². The third kappa shape index (κ3) is 4.06. The van der Waals surface area contributed by atoms with Crippen molar-refractivity contribution in [2.24, 2.45) is 7.05 Å². The van der Waals surface area contributed by atoms with Crippen molar-refractivity contribution in [3.63, 3.8) is 0 Å². The lowest BCUT2D eigenvalue weighted by Gasteiger charge is -2.17. The van der Waals surface area contributed by atoms with E-state index in [1.165, 1.54) is 29.9 Å². The van der Waals surface area contributed by atoms with Gasteiger partial charge in [0.05, 0.1) is 11.1 Å². The number of ether oxygens (including phenoxy) is 1. The van der Waals surface area contributed by atoms with Gasteiger partial charge in [-0.2, -0.15) is 5.10 Å². The van der Waals surface area contributed by atoms with E-state index in [-0.39, 0.29) is 16.3 Å². The van der Waals surface area contributed by atoms with Crippen LogP contribution >= 0.6 is 0 Å². The van der Waals surface area contributed by atoms with E-state index in [1.807, 2.05) is 20.8 Å². The molecule has 0 N–H and O–H groups in total. The van der Waals surface area contributed by atoms with Crippen molar-refractivity contribution in [2.45, 2.75) is 39.5 Å². The highest BCUT2D eigenvalue weighted by Crippen LogP contribution is 2.33. The van der Waals surface area contributed by atoms with Gasteiger partial charge in [-0.3, -0.25) is 9.59 Å². The first-order valence-corrected chi connectivity index (χ1v) is 10.5. The summed E-state index contributed by atoms with van der Waals surface area (Å²) >= 11 is 0. The molecule has 0 atom stereocenters. The summed E-state index contributed by atoms with van der Waals surface area (Å²) < 4.78 is 31.0. The number of carbonyl (C=O) groups is 2. The molecule has 0 aliphatic heterocycles. The fourth-order valence-electron chi connectivity index (χ4n) is 2.94. The van der Waals surface area contributed by atoms with Crippen LogP contribution in [-0.4, -0.2) is 36.2 Å². The van der Waals surface area contributed by atoms with Gasteiger partial charge < -0.3 is 4.74 Å². The van der Waals surface area contributed by atoms with E-state index in [4.69, 9.17) is 4.74 Å². The molecular formula is C20H24N2O5S. The molecule has 0 aliphatic carbocycles. The molecule has 0 bridgehead atoms.